The molecule has 2 unspecified atom stereocenters. The van der Waals surface area contributed by atoms with Gasteiger partial charge in [0.1, 0.15) is 11.6 Å². The second-order valence-corrected chi connectivity index (χ2v) is 5.32. The number of carbonyl (C=O) groups excluding carboxylic acids is 1. The van der Waals surface area contributed by atoms with Gasteiger partial charge in [0.2, 0.25) is 5.88 Å². The van der Waals surface area contributed by atoms with Crippen LogP contribution in [0.4, 0.5) is 13.2 Å². The van der Waals surface area contributed by atoms with Crippen LogP contribution in [0.3, 0.4) is 0 Å². The first-order valence-corrected chi connectivity index (χ1v) is 6.70. The molecule has 2 atom stereocenters. The minimum atomic E-state index is -3.04. The first-order chi connectivity index (χ1) is 9.90. The molecule has 1 aliphatic rings. The van der Waals surface area contributed by atoms with Crippen molar-refractivity contribution in [2.75, 3.05) is 0 Å². The van der Waals surface area contributed by atoms with Gasteiger partial charge in [-0.1, -0.05) is 26.0 Å². The first-order valence-electron chi connectivity index (χ1n) is 6.70. The standard InChI is InChI=1S/C15H16F3NO2/c1-8(2)9-4-3-5-10(14(9)20)11-6-13(21-15(17)18)19-7-12(11)16/h3,5-10,15H,4H2,1-2H3. The number of hydrogen-bond acceptors (Lipinski definition) is 3. The summed E-state index contributed by atoms with van der Waals surface area (Å²) in [6.45, 7) is 0.803. The Labute approximate surface area is 120 Å². The number of aromatic nitrogens is 1. The van der Waals surface area contributed by atoms with Crippen molar-refractivity contribution in [3.8, 4) is 5.88 Å². The molecular formula is C15H16F3NO2. The lowest BCUT2D eigenvalue weighted by molar-refractivity contribution is -0.125. The van der Waals surface area contributed by atoms with E-state index in [4.69, 9.17) is 0 Å². The highest BCUT2D eigenvalue weighted by Crippen LogP contribution is 2.34. The van der Waals surface area contributed by atoms with Gasteiger partial charge in [-0.25, -0.2) is 9.37 Å². The van der Waals surface area contributed by atoms with Crippen LogP contribution in [0.25, 0.3) is 0 Å². The van der Waals surface area contributed by atoms with Crippen molar-refractivity contribution in [1.29, 1.82) is 0 Å². The molecule has 1 heterocycles. The fraction of sp³-hybridized carbons (Fsp3) is 0.467. The third-order valence-corrected chi connectivity index (χ3v) is 3.60. The number of rotatable bonds is 4. The first kappa shape index (κ1) is 15.5. The van der Waals surface area contributed by atoms with E-state index < -0.39 is 24.2 Å². The van der Waals surface area contributed by atoms with E-state index in [9.17, 15) is 18.0 Å². The molecular weight excluding hydrogens is 283 g/mol. The lowest BCUT2D eigenvalue weighted by Gasteiger charge is -2.26. The van der Waals surface area contributed by atoms with E-state index in [2.05, 4.69) is 9.72 Å². The molecule has 6 heteroatoms. The second-order valence-electron chi connectivity index (χ2n) is 5.32. The van der Waals surface area contributed by atoms with Crippen molar-refractivity contribution in [3.05, 3.63) is 35.8 Å². The smallest absolute Gasteiger partial charge is 0.388 e. The van der Waals surface area contributed by atoms with E-state index in [1.165, 1.54) is 0 Å². The van der Waals surface area contributed by atoms with Gasteiger partial charge in [-0.2, -0.15) is 8.78 Å². The predicted molar refractivity (Wildman–Crippen MR) is 70.7 cm³/mol. The summed E-state index contributed by atoms with van der Waals surface area (Å²) in [4.78, 5) is 15.9. The maximum absolute atomic E-state index is 13.9. The largest absolute Gasteiger partial charge is 0.417 e. The van der Waals surface area contributed by atoms with Crippen LogP contribution >= 0.6 is 0 Å². The summed E-state index contributed by atoms with van der Waals surface area (Å²) in [5.74, 6) is -2.06. The van der Waals surface area contributed by atoms with Gasteiger partial charge < -0.3 is 4.74 Å². The number of hydrogen-bond donors (Lipinski definition) is 0. The van der Waals surface area contributed by atoms with Crippen molar-refractivity contribution < 1.29 is 22.7 Å². The lowest BCUT2D eigenvalue weighted by Crippen LogP contribution is -2.28. The molecule has 0 fully saturated rings. The number of halogens is 3. The average molecular weight is 299 g/mol. The van der Waals surface area contributed by atoms with Gasteiger partial charge >= 0.3 is 6.61 Å². The fourth-order valence-corrected chi connectivity index (χ4v) is 2.49. The molecule has 3 nitrogen and oxygen atoms in total. The van der Waals surface area contributed by atoms with Crippen molar-refractivity contribution in [1.82, 2.24) is 4.98 Å². The van der Waals surface area contributed by atoms with E-state index >= 15 is 0 Å². The molecule has 1 aromatic heterocycles. The molecule has 2 rings (SSSR count). The molecule has 0 radical (unpaired) electrons. The molecule has 0 amide bonds. The predicted octanol–water partition coefficient (Wildman–Crippen LogP) is 3.71. The molecule has 0 bridgehead atoms. The van der Waals surface area contributed by atoms with E-state index in [-0.39, 0.29) is 23.2 Å². The molecule has 114 valence electrons. The molecule has 0 spiro atoms. The second kappa shape index (κ2) is 6.28. The van der Waals surface area contributed by atoms with E-state index in [1.807, 2.05) is 19.9 Å². The Hall–Kier alpha value is -1.85. The zero-order valence-electron chi connectivity index (χ0n) is 11.7. The summed E-state index contributed by atoms with van der Waals surface area (Å²) in [6.07, 6.45) is 4.84. The van der Waals surface area contributed by atoms with Crippen molar-refractivity contribution in [2.45, 2.75) is 32.8 Å². The number of ketones is 1. The topological polar surface area (TPSA) is 39.2 Å². The van der Waals surface area contributed by atoms with Crippen LogP contribution in [0.1, 0.15) is 31.7 Å². The van der Waals surface area contributed by atoms with E-state index in [1.54, 1.807) is 6.08 Å². The Balaban J connectivity index is 2.34. The monoisotopic (exact) mass is 299 g/mol. The molecule has 1 aliphatic carbocycles. The highest BCUT2D eigenvalue weighted by molar-refractivity contribution is 5.91. The molecule has 0 aliphatic heterocycles. The molecule has 0 saturated heterocycles. The third-order valence-electron chi connectivity index (χ3n) is 3.60. The van der Waals surface area contributed by atoms with Crippen LogP contribution in [0.2, 0.25) is 0 Å². The van der Waals surface area contributed by atoms with Gasteiger partial charge in [0.05, 0.1) is 12.1 Å². The highest BCUT2D eigenvalue weighted by Gasteiger charge is 2.32. The highest BCUT2D eigenvalue weighted by atomic mass is 19.3. The van der Waals surface area contributed by atoms with Crippen molar-refractivity contribution in [2.24, 2.45) is 11.8 Å². The number of pyridine rings is 1. The SMILES string of the molecule is CC(C)C1CC=CC(c2cc(OC(F)F)ncc2F)C1=O. The number of alkyl halides is 2. The van der Waals surface area contributed by atoms with Gasteiger partial charge in [0.25, 0.3) is 0 Å². The number of carbonyl (C=O) groups is 1. The van der Waals surface area contributed by atoms with Gasteiger partial charge in [-0.05, 0) is 12.3 Å². The van der Waals surface area contributed by atoms with Gasteiger partial charge in [0.15, 0.2) is 0 Å². The Morgan fingerprint density at radius 2 is 2.10 bits per heavy atom. The Morgan fingerprint density at radius 1 is 1.38 bits per heavy atom. The minimum Gasteiger partial charge on any atom is -0.417 e. The van der Waals surface area contributed by atoms with Crippen molar-refractivity contribution >= 4 is 5.78 Å². The van der Waals surface area contributed by atoms with Gasteiger partial charge in [-0.3, -0.25) is 4.79 Å². The normalized spacial score (nSPS) is 22.1. The summed E-state index contributed by atoms with van der Waals surface area (Å²) in [6, 6.07) is 1.07. The lowest BCUT2D eigenvalue weighted by atomic mass is 9.76. The summed E-state index contributed by atoms with van der Waals surface area (Å²) in [7, 11) is 0. The average Bonchev–Trinajstić information content (AvgIpc) is 2.40. The summed E-state index contributed by atoms with van der Waals surface area (Å²) in [5, 5.41) is 0. The van der Waals surface area contributed by atoms with Crippen LogP contribution in [-0.4, -0.2) is 17.4 Å². The minimum absolute atomic E-state index is 0.0206. The quantitative estimate of drug-likeness (QED) is 0.796. The van der Waals surface area contributed by atoms with E-state index in [0.717, 1.165) is 12.3 Å². The molecule has 0 aromatic carbocycles. The summed E-state index contributed by atoms with van der Waals surface area (Å²) < 4.78 is 42.5. The zero-order valence-corrected chi connectivity index (χ0v) is 11.7. The third kappa shape index (κ3) is 3.43. The Bertz CT molecular complexity index is 558. The zero-order chi connectivity index (χ0) is 15.6. The van der Waals surface area contributed by atoms with Crippen LogP contribution in [0, 0.1) is 17.7 Å². The van der Waals surface area contributed by atoms with Gasteiger partial charge in [0, 0.05) is 17.5 Å². The fourth-order valence-electron chi connectivity index (χ4n) is 2.49. The number of ether oxygens (including phenoxy) is 1. The van der Waals surface area contributed by atoms with Crippen LogP contribution in [0.5, 0.6) is 5.88 Å². The molecule has 1 aromatic rings. The number of allylic oxidation sites excluding steroid dienone is 2. The number of Topliss-reactive ketones (excluding diaryl/α,β-unsaturated/α-hetero) is 1. The van der Waals surface area contributed by atoms with E-state index in [0.29, 0.717) is 6.42 Å². The molecule has 21 heavy (non-hydrogen) atoms. The van der Waals surface area contributed by atoms with Crippen LogP contribution in [0.15, 0.2) is 24.4 Å². The maximum Gasteiger partial charge on any atom is 0.388 e. The summed E-state index contributed by atoms with van der Waals surface area (Å²) in [5.41, 5.74) is 0.0206. The molecule has 0 N–H and O–H groups in total. The Morgan fingerprint density at radius 3 is 2.71 bits per heavy atom. The molecule has 0 saturated carbocycles. The Kier molecular flexibility index (Phi) is 4.65. The van der Waals surface area contributed by atoms with Crippen LogP contribution < -0.4 is 4.74 Å². The number of nitrogens with zero attached hydrogens (tertiary/aromatic N) is 1. The summed E-state index contributed by atoms with van der Waals surface area (Å²) >= 11 is 0. The van der Waals surface area contributed by atoms with Gasteiger partial charge in [-0.15, -0.1) is 0 Å². The van der Waals surface area contributed by atoms with Crippen LogP contribution in [-0.2, 0) is 4.79 Å². The van der Waals surface area contributed by atoms with Crippen molar-refractivity contribution in [3.63, 3.8) is 0 Å². The maximum atomic E-state index is 13.9.